The first-order chi connectivity index (χ1) is 9.33. The lowest BCUT2D eigenvalue weighted by Crippen LogP contribution is -2.25. The van der Waals surface area contributed by atoms with Gasteiger partial charge in [-0.3, -0.25) is 0 Å². The van der Waals surface area contributed by atoms with Crippen molar-refractivity contribution in [2.45, 2.75) is 18.9 Å². The van der Waals surface area contributed by atoms with Crippen LogP contribution in [0.4, 0.5) is 5.82 Å². The number of anilines is 1. The number of fused-ring (bicyclic) bond motifs is 2. The highest BCUT2D eigenvalue weighted by Gasteiger charge is 2.42. The summed E-state index contributed by atoms with van der Waals surface area (Å²) in [6.45, 7) is 1.94. The Morgan fingerprint density at radius 1 is 1.11 bits per heavy atom. The molecule has 0 spiro atoms. The normalized spacial score (nSPS) is 29.9. The van der Waals surface area contributed by atoms with E-state index >= 15 is 0 Å². The van der Waals surface area contributed by atoms with E-state index in [1.165, 1.54) is 0 Å². The monoisotopic (exact) mass is 255 g/mol. The first-order valence-corrected chi connectivity index (χ1v) is 6.95. The van der Waals surface area contributed by atoms with E-state index in [1.54, 1.807) is 6.33 Å². The van der Waals surface area contributed by atoms with Gasteiger partial charge in [0.2, 0.25) is 0 Å². The van der Waals surface area contributed by atoms with E-state index in [4.69, 9.17) is 0 Å². The topological polar surface area (TPSA) is 49.2 Å². The van der Waals surface area contributed by atoms with Crippen LogP contribution in [-0.2, 0) is 0 Å². The van der Waals surface area contributed by atoms with Crippen molar-refractivity contribution in [3.63, 3.8) is 0 Å². The van der Waals surface area contributed by atoms with Gasteiger partial charge in [-0.2, -0.15) is 0 Å². The maximum Gasteiger partial charge on any atom is 0.139 e. The minimum Gasteiger partial charge on any atom is -0.393 e. The molecular weight excluding hydrogens is 238 g/mol. The number of aliphatic hydroxyl groups is 1. The van der Waals surface area contributed by atoms with Crippen molar-refractivity contribution in [1.82, 2.24) is 9.97 Å². The number of para-hydroxylation sites is 1. The van der Waals surface area contributed by atoms with Gasteiger partial charge in [0.1, 0.15) is 12.1 Å². The summed E-state index contributed by atoms with van der Waals surface area (Å²) >= 11 is 0. The van der Waals surface area contributed by atoms with Crippen LogP contribution in [0.25, 0.3) is 10.9 Å². The van der Waals surface area contributed by atoms with Gasteiger partial charge in [0, 0.05) is 24.4 Å². The smallest absolute Gasteiger partial charge is 0.139 e. The van der Waals surface area contributed by atoms with Crippen molar-refractivity contribution < 1.29 is 5.11 Å². The second kappa shape index (κ2) is 4.17. The zero-order valence-electron chi connectivity index (χ0n) is 10.7. The van der Waals surface area contributed by atoms with Crippen LogP contribution in [0.15, 0.2) is 30.6 Å². The number of benzene rings is 1. The zero-order valence-corrected chi connectivity index (χ0v) is 10.7. The quantitative estimate of drug-likeness (QED) is 0.844. The Labute approximate surface area is 112 Å². The molecule has 1 saturated heterocycles. The van der Waals surface area contributed by atoms with E-state index in [0.717, 1.165) is 42.7 Å². The number of aliphatic hydroxyl groups excluding tert-OH is 1. The minimum absolute atomic E-state index is 0.122. The molecule has 4 rings (SSSR count). The lowest BCUT2D eigenvalue weighted by molar-refractivity contribution is 0.133. The van der Waals surface area contributed by atoms with Crippen molar-refractivity contribution in [1.29, 1.82) is 0 Å². The van der Waals surface area contributed by atoms with Crippen LogP contribution >= 0.6 is 0 Å². The molecule has 1 N–H and O–H groups in total. The van der Waals surface area contributed by atoms with E-state index < -0.39 is 0 Å². The lowest BCUT2D eigenvalue weighted by atomic mass is 10.00. The summed E-state index contributed by atoms with van der Waals surface area (Å²) in [7, 11) is 0. The highest BCUT2D eigenvalue weighted by molar-refractivity contribution is 5.89. The Hall–Kier alpha value is -1.68. The molecular formula is C15H17N3O. The number of aromatic nitrogens is 2. The molecule has 1 aromatic heterocycles. The van der Waals surface area contributed by atoms with Crippen molar-refractivity contribution in [3.05, 3.63) is 30.6 Å². The molecule has 3 atom stereocenters. The summed E-state index contributed by atoms with van der Waals surface area (Å²) < 4.78 is 0. The van der Waals surface area contributed by atoms with Crippen LogP contribution in [0.1, 0.15) is 12.8 Å². The van der Waals surface area contributed by atoms with Gasteiger partial charge in [-0.25, -0.2) is 9.97 Å². The molecule has 4 heteroatoms. The molecule has 4 nitrogen and oxygen atoms in total. The first-order valence-electron chi connectivity index (χ1n) is 6.95. The van der Waals surface area contributed by atoms with Crippen LogP contribution in [0.5, 0.6) is 0 Å². The molecule has 1 saturated carbocycles. The molecule has 2 fully saturated rings. The number of nitrogens with zero attached hydrogens (tertiary/aromatic N) is 3. The number of hydrogen-bond donors (Lipinski definition) is 1. The fraction of sp³-hybridized carbons (Fsp3) is 0.467. The van der Waals surface area contributed by atoms with Gasteiger partial charge in [0.25, 0.3) is 0 Å². The van der Waals surface area contributed by atoms with Gasteiger partial charge in [-0.1, -0.05) is 12.1 Å². The average Bonchev–Trinajstić information content (AvgIpc) is 3.01. The second-order valence-corrected chi connectivity index (χ2v) is 5.69. The Morgan fingerprint density at radius 2 is 2.00 bits per heavy atom. The Kier molecular flexibility index (Phi) is 2.45. The van der Waals surface area contributed by atoms with E-state index in [1.807, 2.05) is 18.2 Å². The molecule has 2 aromatic rings. The van der Waals surface area contributed by atoms with Crippen LogP contribution in [-0.4, -0.2) is 34.3 Å². The largest absolute Gasteiger partial charge is 0.393 e. The lowest BCUT2D eigenvalue weighted by Gasteiger charge is -2.20. The van der Waals surface area contributed by atoms with Crippen molar-refractivity contribution in [3.8, 4) is 0 Å². The maximum absolute atomic E-state index is 10.0. The Morgan fingerprint density at radius 3 is 2.89 bits per heavy atom. The minimum atomic E-state index is -0.122. The van der Waals surface area contributed by atoms with E-state index in [0.29, 0.717) is 11.8 Å². The molecule has 1 aliphatic heterocycles. The Bertz CT molecular complexity index is 610. The molecule has 2 aliphatic rings. The predicted octanol–water partition coefficient (Wildman–Crippen LogP) is 1.84. The molecule has 1 aromatic carbocycles. The SMILES string of the molecule is OC1CCC2CN(c3ncnc4ccccc34)CC12. The average molecular weight is 255 g/mol. The third-order valence-corrected chi connectivity index (χ3v) is 4.64. The van der Waals surface area contributed by atoms with Gasteiger partial charge >= 0.3 is 0 Å². The second-order valence-electron chi connectivity index (χ2n) is 5.69. The number of rotatable bonds is 1. The summed E-state index contributed by atoms with van der Waals surface area (Å²) in [5.74, 6) is 2.07. The molecule has 3 unspecified atom stereocenters. The van der Waals surface area contributed by atoms with Crippen LogP contribution in [0.3, 0.4) is 0 Å². The van der Waals surface area contributed by atoms with Crippen LogP contribution in [0, 0.1) is 11.8 Å². The van der Waals surface area contributed by atoms with E-state index in [-0.39, 0.29) is 6.10 Å². The highest BCUT2D eigenvalue weighted by Crippen LogP contribution is 2.40. The summed E-state index contributed by atoms with van der Waals surface area (Å²) in [4.78, 5) is 11.1. The standard InChI is InChI=1S/C15H17N3O/c19-14-6-5-10-7-18(8-12(10)14)15-11-3-1-2-4-13(11)16-9-17-15/h1-4,9-10,12,14,19H,5-8H2. The van der Waals surface area contributed by atoms with Crippen molar-refractivity contribution in [2.75, 3.05) is 18.0 Å². The highest BCUT2D eigenvalue weighted by atomic mass is 16.3. The fourth-order valence-electron chi connectivity index (χ4n) is 3.65. The molecule has 2 heterocycles. The molecule has 0 amide bonds. The maximum atomic E-state index is 10.0. The fourth-order valence-corrected chi connectivity index (χ4v) is 3.65. The van der Waals surface area contributed by atoms with Gasteiger partial charge in [-0.15, -0.1) is 0 Å². The Balaban J connectivity index is 1.72. The molecule has 98 valence electrons. The summed E-state index contributed by atoms with van der Waals surface area (Å²) in [6, 6.07) is 8.13. The predicted molar refractivity (Wildman–Crippen MR) is 74.0 cm³/mol. The van der Waals surface area contributed by atoms with Gasteiger partial charge < -0.3 is 10.0 Å². The van der Waals surface area contributed by atoms with Crippen molar-refractivity contribution >= 4 is 16.7 Å². The summed E-state index contributed by atoms with van der Waals surface area (Å²) in [5, 5.41) is 11.1. The summed E-state index contributed by atoms with van der Waals surface area (Å²) in [6.07, 6.45) is 3.63. The van der Waals surface area contributed by atoms with Crippen LogP contribution < -0.4 is 4.90 Å². The van der Waals surface area contributed by atoms with E-state index in [9.17, 15) is 5.11 Å². The van der Waals surface area contributed by atoms with Crippen molar-refractivity contribution in [2.24, 2.45) is 11.8 Å². The molecule has 0 radical (unpaired) electrons. The molecule has 0 bridgehead atoms. The van der Waals surface area contributed by atoms with Gasteiger partial charge in [0.05, 0.1) is 11.6 Å². The third kappa shape index (κ3) is 1.70. The first kappa shape index (κ1) is 11.2. The molecule has 19 heavy (non-hydrogen) atoms. The third-order valence-electron chi connectivity index (χ3n) is 4.64. The van der Waals surface area contributed by atoms with Crippen LogP contribution in [0.2, 0.25) is 0 Å². The van der Waals surface area contributed by atoms with Gasteiger partial charge in [-0.05, 0) is 30.9 Å². The van der Waals surface area contributed by atoms with E-state index in [2.05, 4.69) is 20.9 Å². The zero-order chi connectivity index (χ0) is 12.8. The van der Waals surface area contributed by atoms with Gasteiger partial charge in [0.15, 0.2) is 0 Å². The number of hydrogen-bond acceptors (Lipinski definition) is 4. The molecule has 1 aliphatic carbocycles. The summed E-state index contributed by atoms with van der Waals surface area (Å²) in [5.41, 5.74) is 0.991.